The zero-order chi connectivity index (χ0) is 9.97. The fourth-order valence-corrected chi connectivity index (χ4v) is 2.19. The third kappa shape index (κ3) is 1.86. The molecular weight excluding hydrogens is 220 g/mol. The average Bonchev–Trinajstić information content (AvgIpc) is 2.56. The predicted octanol–water partition coefficient (Wildman–Crippen LogP) is 2.01. The fraction of sp³-hybridized carbons (Fsp3) is 0.111. The molecule has 0 aromatic carbocycles. The largest absolute Gasteiger partial charge is 0.347 e. The van der Waals surface area contributed by atoms with Crippen molar-refractivity contribution in [1.29, 1.82) is 0 Å². The Kier molecular flexibility index (Phi) is 2.65. The Bertz CT molecular complexity index is 491. The van der Waals surface area contributed by atoms with Gasteiger partial charge in [-0.3, -0.25) is 4.57 Å². The predicted molar refractivity (Wildman–Crippen MR) is 56.9 cm³/mol. The van der Waals surface area contributed by atoms with Crippen LogP contribution in [0.4, 0.5) is 0 Å². The van der Waals surface area contributed by atoms with Crippen LogP contribution in [0.2, 0.25) is 5.02 Å². The van der Waals surface area contributed by atoms with Gasteiger partial charge in [-0.05, 0) is 17.5 Å². The van der Waals surface area contributed by atoms with Gasteiger partial charge >= 0.3 is 5.69 Å². The third-order valence-electron chi connectivity index (χ3n) is 1.79. The van der Waals surface area contributed by atoms with E-state index in [0.29, 0.717) is 11.6 Å². The van der Waals surface area contributed by atoms with Crippen molar-refractivity contribution < 1.29 is 0 Å². The summed E-state index contributed by atoms with van der Waals surface area (Å²) in [6.45, 7) is 0.489. The summed E-state index contributed by atoms with van der Waals surface area (Å²) in [5.41, 5.74) is -0.253. The van der Waals surface area contributed by atoms with E-state index in [9.17, 15) is 4.79 Å². The lowest BCUT2D eigenvalue weighted by Gasteiger charge is -2.01. The van der Waals surface area contributed by atoms with Crippen molar-refractivity contribution in [2.24, 2.45) is 0 Å². The van der Waals surface area contributed by atoms with Gasteiger partial charge in [0.1, 0.15) is 0 Å². The van der Waals surface area contributed by atoms with Crippen molar-refractivity contribution >= 4 is 22.9 Å². The first-order valence-electron chi connectivity index (χ1n) is 4.01. The summed E-state index contributed by atoms with van der Waals surface area (Å²) in [5.74, 6) is 0. The third-order valence-corrected chi connectivity index (χ3v) is 3.16. The number of rotatable bonds is 2. The molecule has 2 rings (SSSR count). The van der Waals surface area contributed by atoms with Crippen LogP contribution in [0.15, 0.2) is 34.7 Å². The Hall–Kier alpha value is -1.13. The van der Waals surface area contributed by atoms with E-state index in [1.165, 1.54) is 22.1 Å². The highest BCUT2D eigenvalue weighted by atomic mass is 35.5. The summed E-state index contributed by atoms with van der Waals surface area (Å²) >= 11 is 7.45. The molecule has 0 unspecified atom stereocenters. The Morgan fingerprint density at radius 2 is 2.43 bits per heavy atom. The van der Waals surface area contributed by atoms with Crippen LogP contribution in [0.5, 0.6) is 0 Å². The molecule has 72 valence electrons. The Labute approximate surface area is 89.6 Å². The lowest BCUT2D eigenvalue weighted by molar-refractivity contribution is 0.736. The van der Waals surface area contributed by atoms with Crippen molar-refractivity contribution in [2.75, 3.05) is 0 Å². The molecule has 2 aromatic heterocycles. The SMILES string of the molecule is O=c1ncccn1Cc1sccc1Cl. The van der Waals surface area contributed by atoms with Gasteiger partial charge in [-0.1, -0.05) is 11.6 Å². The maximum atomic E-state index is 11.3. The van der Waals surface area contributed by atoms with E-state index in [0.717, 1.165) is 4.88 Å². The Balaban J connectivity index is 2.32. The number of halogens is 1. The molecule has 0 aliphatic rings. The van der Waals surface area contributed by atoms with Gasteiger partial charge in [-0.15, -0.1) is 11.3 Å². The molecule has 0 fully saturated rings. The summed E-state index contributed by atoms with van der Waals surface area (Å²) in [5, 5.41) is 2.60. The van der Waals surface area contributed by atoms with Gasteiger partial charge in [0.25, 0.3) is 0 Å². The zero-order valence-corrected chi connectivity index (χ0v) is 8.76. The minimum Gasteiger partial charge on any atom is -0.294 e. The number of thiophene rings is 1. The van der Waals surface area contributed by atoms with Crippen LogP contribution in [0, 0.1) is 0 Å². The van der Waals surface area contributed by atoms with Crippen molar-refractivity contribution in [3.05, 3.63) is 50.3 Å². The maximum Gasteiger partial charge on any atom is 0.347 e. The van der Waals surface area contributed by atoms with Crippen molar-refractivity contribution in [1.82, 2.24) is 9.55 Å². The summed E-state index contributed by atoms with van der Waals surface area (Å²) in [7, 11) is 0. The summed E-state index contributed by atoms with van der Waals surface area (Å²) in [6.07, 6.45) is 3.18. The lowest BCUT2D eigenvalue weighted by atomic mass is 10.4. The van der Waals surface area contributed by atoms with E-state index in [4.69, 9.17) is 11.6 Å². The summed E-state index contributed by atoms with van der Waals surface area (Å²) < 4.78 is 1.53. The van der Waals surface area contributed by atoms with E-state index in [1.54, 1.807) is 12.3 Å². The highest BCUT2D eigenvalue weighted by Crippen LogP contribution is 2.22. The van der Waals surface area contributed by atoms with Gasteiger partial charge in [0.15, 0.2) is 0 Å². The molecule has 2 heterocycles. The second-order valence-corrected chi connectivity index (χ2v) is 4.13. The molecule has 3 nitrogen and oxygen atoms in total. The first-order valence-corrected chi connectivity index (χ1v) is 5.26. The molecule has 0 saturated carbocycles. The smallest absolute Gasteiger partial charge is 0.294 e. The van der Waals surface area contributed by atoms with E-state index >= 15 is 0 Å². The van der Waals surface area contributed by atoms with Crippen molar-refractivity contribution in [2.45, 2.75) is 6.54 Å². The highest BCUT2D eigenvalue weighted by Gasteiger charge is 2.03. The number of hydrogen-bond acceptors (Lipinski definition) is 3. The molecular formula is C9H7ClN2OS. The summed E-state index contributed by atoms with van der Waals surface area (Å²) in [6, 6.07) is 3.55. The molecule has 0 saturated heterocycles. The monoisotopic (exact) mass is 226 g/mol. The second-order valence-electron chi connectivity index (χ2n) is 2.72. The normalized spacial score (nSPS) is 10.4. The molecule has 0 amide bonds. The van der Waals surface area contributed by atoms with Crippen LogP contribution in [-0.2, 0) is 6.54 Å². The molecule has 2 aromatic rings. The minimum absolute atomic E-state index is 0.253. The lowest BCUT2D eigenvalue weighted by Crippen LogP contribution is -2.21. The first-order chi connectivity index (χ1) is 6.77. The van der Waals surface area contributed by atoms with Crippen LogP contribution >= 0.6 is 22.9 Å². The number of aromatic nitrogens is 2. The summed E-state index contributed by atoms with van der Waals surface area (Å²) in [4.78, 5) is 15.9. The van der Waals surface area contributed by atoms with E-state index in [2.05, 4.69) is 4.98 Å². The van der Waals surface area contributed by atoms with Crippen molar-refractivity contribution in [3.8, 4) is 0 Å². The highest BCUT2D eigenvalue weighted by molar-refractivity contribution is 7.10. The van der Waals surface area contributed by atoms with Gasteiger partial charge in [0.2, 0.25) is 0 Å². The van der Waals surface area contributed by atoms with Gasteiger partial charge in [-0.25, -0.2) is 9.78 Å². The molecule has 0 aliphatic heterocycles. The van der Waals surface area contributed by atoms with Gasteiger partial charge < -0.3 is 0 Å². The molecule has 0 bridgehead atoms. The topological polar surface area (TPSA) is 34.9 Å². The molecule has 0 aliphatic carbocycles. The zero-order valence-electron chi connectivity index (χ0n) is 7.18. The molecule has 5 heteroatoms. The molecule has 14 heavy (non-hydrogen) atoms. The van der Waals surface area contributed by atoms with E-state index < -0.39 is 0 Å². The van der Waals surface area contributed by atoms with Crippen LogP contribution in [-0.4, -0.2) is 9.55 Å². The van der Waals surface area contributed by atoms with E-state index in [-0.39, 0.29) is 5.69 Å². The van der Waals surface area contributed by atoms with E-state index in [1.807, 2.05) is 11.4 Å². The number of hydrogen-bond donors (Lipinski definition) is 0. The Morgan fingerprint density at radius 1 is 1.57 bits per heavy atom. The van der Waals surface area contributed by atoms with Crippen LogP contribution in [0.25, 0.3) is 0 Å². The quantitative estimate of drug-likeness (QED) is 0.785. The standard InChI is InChI=1S/C9H7ClN2OS/c10-7-2-5-14-8(7)6-12-4-1-3-11-9(12)13/h1-5H,6H2. The fourth-order valence-electron chi connectivity index (χ4n) is 1.10. The average molecular weight is 227 g/mol. The first kappa shape index (κ1) is 9.43. The maximum absolute atomic E-state index is 11.3. The molecule has 0 spiro atoms. The van der Waals surface area contributed by atoms with Crippen LogP contribution in [0.3, 0.4) is 0 Å². The van der Waals surface area contributed by atoms with Gasteiger partial charge in [0.05, 0.1) is 11.6 Å². The van der Waals surface area contributed by atoms with Gasteiger partial charge in [-0.2, -0.15) is 0 Å². The van der Waals surface area contributed by atoms with Crippen molar-refractivity contribution in [3.63, 3.8) is 0 Å². The molecule has 0 radical (unpaired) electrons. The molecule has 0 atom stereocenters. The van der Waals surface area contributed by atoms with Crippen LogP contribution in [0.1, 0.15) is 4.88 Å². The number of nitrogens with zero attached hydrogens (tertiary/aromatic N) is 2. The van der Waals surface area contributed by atoms with Crippen LogP contribution < -0.4 is 5.69 Å². The second kappa shape index (κ2) is 3.94. The minimum atomic E-state index is -0.253. The Morgan fingerprint density at radius 3 is 3.07 bits per heavy atom. The molecule has 0 N–H and O–H groups in total. The van der Waals surface area contributed by atoms with Gasteiger partial charge in [0, 0.05) is 17.3 Å².